The van der Waals surface area contributed by atoms with E-state index in [4.69, 9.17) is 0 Å². The second kappa shape index (κ2) is 7.50. The third-order valence-corrected chi connectivity index (χ3v) is 3.15. The number of carbonyl (C=O) groups excluding carboxylic acids is 3. The van der Waals surface area contributed by atoms with Crippen LogP contribution in [-0.2, 0) is 30.7 Å². The summed E-state index contributed by atoms with van der Waals surface area (Å²) < 4.78 is 0. The van der Waals surface area contributed by atoms with Crippen LogP contribution in [0.2, 0.25) is 0 Å². The number of benzene rings is 1. The molecule has 1 aromatic rings. The summed E-state index contributed by atoms with van der Waals surface area (Å²) in [5.74, 6) is -1.03. The Morgan fingerprint density at radius 1 is 1.38 bits per heavy atom. The van der Waals surface area contributed by atoms with E-state index in [2.05, 4.69) is 16.7 Å². The Balaban J connectivity index is 0.00000220. The van der Waals surface area contributed by atoms with Crippen LogP contribution in [0.3, 0.4) is 0 Å². The van der Waals surface area contributed by atoms with Crippen molar-refractivity contribution in [3.05, 3.63) is 40.7 Å². The van der Waals surface area contributed by atoms with Crippen molar-refractivity contribution >= 4 is 17.7 Å². The molecular weight excluding hydrogens is 440 g/mol. The van der Waals surface area contributed by atoms with Crippen molar-refractivity contribution in [2.75, 3.05) is 0 Å². The van der Waals surface area contributed by atoms with Gasteiger partial charge in [0.2, 0.25) is 11.8 Å². The van der Waals surface area contributed by atoms with Crippen LogP contribution in [-0.4, -0.2) is 23.8 Å². The number of rotatable bonds is 3. The molecule has 0 bridgehead atoms. The molecule has 1 aromatic carbocycles. The van der Waals surface area contributed by atoms with Crippen molar-refractivity contribution in [1.29, 1.82) is 0 Å². The molecule has 2 rings (SSSR count). The smallest absolute Gasteiger partial charge is 0.684 e. The summed E-state index contributed by atoms with van der Waals surface area (Å²) in [6, 6.07) is 7.54. The third kappa shape index (κ3) is 4.50. The zero-order valence-corrected chi connectivity index (χ0v) is 14.8. The average molecular weight is 456 g/mol. The molecule has 1 atom stereocenters. The van der Waals surface area contributed by atoms with Gasteiger partial charge in [0.05, 0.1) is 0 Å². The molecule has 1 aliphatic heterocycles. The van der Waals surface area contributed by atoms with Crippen molar-refractivity contribution < 1.29 is 35.4 Å². The Kier molecular flexibility index (Phi) is 6.28. The van der Waals surface area contributed by atoms with Crippen LogP contribution in [0, 0.1) is 6.07 Å². The van der Waals surface area contributed by atoms with Gasteiger partial charge in [-0.05, 0) is 24.3 Å². The molecule has 1 unspecified atom stereocenters. The predicted octanol–water partition coefficient (Wildman–Crippen LogP) is 1.93. The summed E-state index contributed by atoms with van der Waals surface area (Å²) in [5, 5.41) is 6.07. The first kappa shape index (κ1) is 17.6. The van der Waals surface area contributed by atoms with Crippen molar-refractivity contribution in [1.82, 2.24) is 5.32 Å². The molecule has 0 radical (unpaired) electrons. The summed E-state index contributed by atoms with van der Waals surface area (Å²) in [6.07, 6.45) is 0.489. The fourth-order valence-corrected chi connectivity index (χ4v) is 1.96. The molecule has 1 heterocycles. The van der Waals surface area contributed by atoms with Gasteiger partial charge in [-0.15, -0.1) is 35.4 Å². The number of carbonyl (C=O) groups is 3. The van der Waals surface area contributed by atoms with Crippen molar-refractivity contribution in [3.63, 3.8) is 0 Å². The Hall–Kier alpha value is -1.48. The first-order chi connectivity index (χ1) is 9.47. The van der Waals surface area contributed by atoms with Crippen LogP contribution in [0.25, 0.3) is 5.32 Å². The Labute approximate surface area is 138 Å². The number of amides is 3. The molecule has 6 heteroatoms. The summed E-state index contributed by atoms with van der Waals surface area (Å²) in [4.78, 5) is 34.6. The maximum atomic E-state index is 12.1. The fourth-order valence-electron chi connectivity index (χ4n) is 1.96. The zero-order chi connectivity index (χ0) is 14.7. The molecule has 0 saturated carbocycles. The van der Waals surface area contributed by atoms with E-state index in [0.717, 1.165) is 5.56 Å². The van der Waals surface area contributed by atoms with E-state index in [1.54, 1.807) is 12.1 Å². The van der Waals surface area contributed by atoms with E-state index in [1.807, 2.05) is 19.9 Å². The van der Waals surface area contributed by atoms with Gasteiger partial charge < -0.3 is 10.1 Å². The Morgan fingerprint density at radius 3 is 2.71 bits per heavy atom. The normalized spacial score (nSPS) is 18.0. The minimum Gasteiger partial charge on any atom is -0.684 e. The number of nitrogens with zero attached hydrogens (tertiary/aromatic N) is 1. The molecule has 0 spiro atoms. The number of imide groups is 1. The van der Waals surface area contributed by atoms with Crippen molar-refractivity contribution in [3.8, 4) is 0 Å². The Bertz CT molecular complexity index is 558. The zero-order valence-electron chi connectivity index (χ0n) is 11.9. The van der Waals surface area contributed by atoms with E-state index in [-0.39, 0.29) is 45.7 Å². The first-order valence-electron chi connectivity index (χ1n) is 6.58. The minimum absolute atomic E-state index is 0. The molecule has 1 N–H and O–H groups in total. The number of nitrogens with one attached hydrogen (secondary N) is 1. The summed E-state index contributed by atoms with van der Waals surface area (Å²) in [7, 11) is 0. The van der Waals surface area contributed by atoms with Gasteiger partial charge >= 0.3 is 21.1 Å². The van der Waals surface area contributed by atoms with Gasteiger partial charge in [0.1, 0.15) is 0 Å². The maximum Gasteiger partial charge on any atom is 2.00 e. The molecule has 1 saturated heterocycles. The summed E-state index contributed by atoms with van der Waals surface area (Å²) >= 11 is 0. The molecule has 1 aliphatic rings. The molecule has 1 fully saturated rings. The van der Waals surface area contributed by atoms with Gasteiger partial charge in [0.25, 0.3) is 0 Å². The molecule has 0 aromatic heterocycles. The standard InChI is InChI=1S/C15H17N2O3.W/c1-9(2)10-4-3-5-11(8-10)14(19)16-12-6-7-13(18)17-15(12)20;/h3-5,9,12H,6-7H2,1-2H3,(H2,16,17,18,19,20);/q-1;+2/p-1. The van der Waals surface area contributed by atoms with Crippen LogP contribution in [0.5, 0.6) is 0 Å². The van der Waals surface area contributed by atoms with Crippen molar-refractivity contribution in [2.24, 2.45) is 0 Å². The summed E-state index contributed by atoms with van der Waals surface area (Å²) in [6.45, 7) is 4.02. The molecule has 110 valence electrons. The minimum atomic E-state index is -0.781. The van der Waals surface area contributed by atoms with Gasteiger partial charge in [-0.25, -0.2) is 0 Å². The van der Waals surface area contributed by atoms with Crippen LogP contribution in [0.15, 0.2) is 18.2 Å². The first-order valence-corrected chi connectivity index (χ1v) is 6.58. The fraction of sp³-hybridized carbons (Fsp3) is 0.400. The second-order valence-electron chi connectivity index (χ2n) is 5.08. The molecule has 21 heavy (non-hydrogen) atoms. The third-order valence-electron chi connectivity index (χ3n) is 3.15. The largest absolute Gasteiger partial charge is 2.00 e. The molecular formula is C15H16N2O3W. The predicted molar refractivity (Wildman–Crippen MR) is 73.2 cm³/mol. The molecule has 3 amide bonds. The van der Waals surface area contributed by atoms with Gasteiger partial charge in [-0.3, -0.25) is 14.9 Å². The quantitative estimate of drug-likeness (QED) is 0.558. The number of piperidine rings is 1. The number of hydrogen-bond donors (Lipinski definition) is 1. The van der Waals surface area contributed by atoms with E-state index >= 15 is 0 Å². The maximum absolute atomic E-state index is 12.1. The van der Waals surface area contributed by atoms with Gasteiger partial charge in [0, 0.05) is 6.42 Å². The topological polar surface area (TPSA) is 77.3 Å². The average Bonchev–Trinajstić information content (AvgIpc) is 2.42. The second-order valence-corrected chi connectivity index (χ2v) is 5.08. The van der Waals surface area contributed by atoms with Crippen LogP contribution in [0.1, 0.15) is 48.5 Å². The van der Waals surface area contributed by atoms with Crippen LogP contribution in [0.4, 0.5) is 0 Å². The van der Waals surface area contributed by atoms with Crippen LogP contribution >= 0.6 is 0 Å². The molecule has 0 aliphatic carbocycles. The van der Waals surface area contributed by atoms with E-state index in [0.29, 0.717) is 5.56 Å². The van der Waals surface area contributed by atoms with Gasteiger partial charge in [-0.2, -0.15) is 0 Å². The van der Waals surface area contributed by atoms with E-state index in [9.17, 15) is 14.4 Å². The van der Waals surface area contributed by atoms with Crippen molar-refractivity contribution in [2.45, 2.75) is 38.6 Å². The Morgan fingerprint density at radius 2 is 2.10 bits per heavy atom. The van der Waals surface area contributed by atoms with E-state index in [1.165, 1.54) is 0 Å². The molecule has 5 nitrogen and oxygen atoms in total. The van der Waals surface area contributed by atoms with Gasteiger partial charge in [-0.1, -0.05) is 13.8 Å². The number of hydrogen-bond acceptors (Lipinski definition) is 3. The summed E-state index contributed by atoms with van der Waals surface area (Å²) in [5.41, 5.74) is 1.27. The van der Waals surface area contributed by atoms with Crippen LogP contribution < -0.4 is 5.32 Å². The monoisotopic (exact) mass is 456 g/mol. The van der Waals surface area contributed by atoms with Gasteiger partial charge in [0.15, 0.2) is 0 Å². The SMILES string of the molecule is CC(C)c1[c-]c(C(=O)[N-]C2CCC(=O)NC2=O)ccc1.[W+2]. The van der Waals surface area contributed by atoms with E-state index < -0.39 is 17.9 Å².